The zero-order valence-corrected chi connectivity index (χ0v) is 13.5. The highest BCUT2D eigenvalue weighted by molar-refractivity contribution is 5.75. The van der Waals surface area contributed by atoms with Crippen LogP contribution in [0.2, 0.25) is 0 Å². The van der Waals surface area contributed by atoms with E-state index >= 15 is 0 Å². The molecule has 1 N–H and O–H groups in total. The van der Waals surface area contributed by atoms with Gasteiger partial charge in [-0.1, -0.05) is 37.3 Å². The van der Waals surface area contributed by atoms with Crippen LogP contribution in [0.3, 0.4) is 0 Å². The summed E-state index contributed by atoms with van der Waals surface area (Å²) in [4.78, 5) is 34.2. The van der Waals surface area contributed by atoms with Crippen molar-refractivity contribution >= 4 is 11.6 Å². The van der Waals surface area contributed by atoms with Crippen LogP contribution < -0.4 is 10.9 Å². The minimum absolute atomic E-state index is 0.0710. The number of rotatable bonds is 6. The van der Waals surface area contributed by atoms with Crippen LogP contribution in [0.25, 0.3) is 0 Å². The van der Waals surface area contributed by atoms with Crippen LogP contribution in [-0.4, -0.2) is 21.9 Å². The van der Waals surface area contributed by atoms with Crippen LogP contribution in [0.1, 0.15) is 24.0 Å². The Labute approximate surface area is 143 Å². The summed E-state index contributed by atoms with van der Waals surface area (Å²) in [6.07, 6.45) is 0.962. The van der Waals surface area contributed by atoms with Gasteiger partial charge in [0, 0.05) is 12.6 Å². The first-order valence-corrected chi connectivity index (χ1v) is 7.53. The Morgan fingerprint density at radius 2 is 2.08 bits per heavy atom. The maximum atomic E-state index is 12.1. The summed E-state index contributed by atoms with van der Waals surface area (Å²) >= 11 is 0. The van der Waals surface area contributed by atoms with Crippen molar-refractivity contribution < 1.29 is 9.72 Å². The van der Waals surface area contributed by atoms with Crippen LogP contribution in [0.15, 0.2) is 47.4 Å². The summed E-state index contributed by atoms with van der Waals surface area (Å²) < 4.78 is 0.874. The lowest BCUT2D eigenvalue weighted by molar-refractivity contribution is -0.385. The van der Waals surface area contributed by atoms with Gasteiger partial charge < -0.3 is 5.32 Å². The number of benzene rings is 1. The number of nitriles is 1. The van der Waals surface area contributed by atoms with Crippen LogP contribution in [0.4, 0.5) is 5.69 Å². The molecule has 0 saturated heterocycles. The van der Waals surface area contributed by atoms with E-state index in [1.54, 1.807) is 6.07 Å². The zero-order chi connectivity index (χ0) is 18.4. The molecule has 2 aromatic rings. The Hall–Kier alpha value is -3.47. The predicted octanol–water partition coefficient (Wildman–Crippen LogP) is 1.55. The van der Waals surface area contributed by atoms with Crippen LogP contribution in [-0.2, 0) is 11.3 Å². The maximum Gasteiger partial charge on any atom is 0.287 e. The van der Waals surface area contributed by atoms with Crippen molar-refractivity contribution in [3.8, 4) is 6.07 Å². The third-order valence-electron chi connectivity index (χ3n) is 3.69. The van der Waals surface area contributed by atoms with Gasteiger partial charge in [-0.2, -0.15) is 5.26 Å². The monoisotopic (exact) mass is 340 g/mol. The summed E-state index contributed by atoms with van der Waals surface area (Å²) in [5.41, 5.74) is -0.470. The molecule has 1 atom stereocenters. The van der Waals surface area contributed by atoms with Crippen molar-refractivity contribution in [2.75, 3.05) is 6.54 Å². The third-order valence-corrected chi connectivity index (χ3v) is 3.69. The number of carbonyl (C=O) groups excluding carboxylic acids is 1. The molecule has 0 aliphatic heterocycles. The molecule has 0 unspecified atom stereocenters. The van der Waals surface area contributed by atoms with Crippen molar-refractivity contribution in [3.63, 3.8) is 0 Å². The minimum Gasteiger partial charge on any atom is -0.354 e. The summed E-state index contributed by atoms with van der Waals surface area (Å²) in [7, 11) is 0. The number of carbonyl (C=O) groups is 1. The number of amides is 1. The second kappa shape index (κ2) is 7.88. The maximum absolute atomic E-state index is 12.1. The molecule has 8 heteroatoms. The van der Waals surface area contributed by atoms with Gasteiger partial charge in [-0.15, -0.1) is 0 Å². The van der Waals surface area contributed by atoms with Gasteiger partial charge >= 0.3 is 0 Å². The quantitative estimate of drug-likeness (QED) is 0.632. The predicted molar refractivity (Wildman–Crippen MR) is 89.9 cm³/mol. The van der Waals surface area contributed by atoms with Gasteiger partial charge in [0.05, 0.1) is 11.1 Å². The van der Waals surface area contributed by atoms with Gasteiger partial charge in [-0.05, 0) is 11.5 Å². The highest BCUT2D eigenvalue weighted by Crippen LogP contribution is 2.13. The fourth-order valence-electron chi connectivity index (χ4n) is 2.29. The van der Waals surface area contributed by atoms with Crippen LogP contribution in [0.5, 0.6) is 0 Å². The summed E-state index contributed by atoms with van der Waals surface area (Å²) in [6, 6.07) is 12.1. The first kappa shape index (κ1) is 17.9. The Kier molecular flexibility index (Phi) is 5.63. The van der Waals surface area contributed by atoms with Gasteiger partial charge in [0.1, 0.15) is 18.2 Å². The molecular formula is C17H16N4O4. The second-order valence-corrected chi connectivity index (χ2v) is 5.53. The van der Waals surface area contributed by atoms with E-state index in [2.05, 4.69) is 5.32 Å². The van der Waals surface area contributed by atoms with E-state index in [1.165, 1.54) is 0 Å². The second-order valence-electron chi connectivity index (χ2n) is 5.53. The van der Waals surface area contributed by atoms with Gasteiger partial charge in [0.25, 0.3) is 11.2 Å². The average Bonchev–Trinajstić information content (AvgIpc) is 2.61. The molecule has 0 fully saturated rings. The highest BCUT2D eigenvalue weighted by Gasteiger charge is 2.16. The molecule has 1 heterocycles. The standard InChI is InChI=1S/C17H16N4O4/c1-12(13-5-3-2-4-6-13)9-19-16(22)11-20-10-15(21(24)25)7-14(8-18)17(20)23/h2-7,10,12H,9,11H2,1H3,(H,19,22)/t12-/m1/s1. The molecule has 0 aliphatic rings. The Morgan fingerprint density at radius 1 is 1.40 bits per heavy atom. The van der Waals surface area contributed by atoms with Crippen molar-refractivity contribution in [3.05, 3.63) is 74.2 Å². The molecule has 0 radical (unpaired) electrons. The number of nitrogens with one attached hydrogen (secondary N) is 1. The number of hydrogen-bond acceptors (Lipinski definition) is 5. The Bertz CT molecular complexity index is 884. The Morgan fingerprint density at radius 3 is 2.68 bits per heavy atom. The molecule has 0 aliphatic carbocycles. The number of hydrogen-bond donors (Lipinski definition) is 1. The molecule has 128 valence electrons. The van der Waals surface area contributed by atoms with Crippen LogP contribution in [0, 0.1) is 21.4 Å². The molecule has 1 aromatic carbocycles. The van der Waals surface area contributed by atoms with Crippen molar-refractivity contribution in [1.82, 2.24) is 9.88 Å². The molecule has 8 nitrogen and oxygen atoms in total. The lowest BCUT2D eigenvalue weighted by atomic mass is 10.0. The van der Waals surface area contributed by atoms with E-state index in [-0.39, 0.29) is 11.5 Å². The molecule has 0 saturated carbocycles. The van der Waals surface area contributed by atoms with Crippen molar-refractivity contribution in [2.24, 2.45) is 0 Å². The summed E-state index contributed by atoms with van der Waals surface area (Å²) in [5, 5.41) is 22.5. The molecule has 0 spiro atoms. The number of pyridine rings is 1. The van der Waals surface area contributed by atoms with E-state index in [0.717, 1.165) is 22.4 Å². The van der Waals surface area contributed by atoms with Gasteiger partial charge in [0.15, 0.2) is 0 Å². The normalized spacial score (nSPS) is 11.4. The zero-order valence-electron chi connectivity index (χ0n) is 13.5. The smallest absolute Gasteiger partial charge is 0.287 e. The van der Waals surface area contributed by atoms with Crippen molar-refractivity contribution in [1.29, 1.82) is 5.26 Å². The van der Waals surface area contributed by atoms with E-state index < -0.39 is 28.6 Å². The van der Waals surface area contributed by atoms with Gasteiger partial charge in [-0.25, -0.2) is 0 Å². The largest absolute Gasteiger partial charge is 0.354 e. The summed E-state index contributed by atoms with van der Waals surface area (Å²) in [5.74, 6) is -0.393. The topological polar surface area (TPSA) is 118 Å². The Balaban J connectivity index is 2.08. The average molecular weight is 340 g/mol. The van der Waals surface area contributed by atoms with Gasteiger partial charge in [-0.3, -0.25) is 24.3 Å². The third kappa shape index (κ3) is 4.51. The van der Waals surface area contributed by atoms with Gasteiger partial charge in [0.2, 0.25) is 5.91 Å². The molecular weight excluding hydrogens is 324 g/mol. The highest BCUT2D eigenvalue weighted by atomic mass is 16.6. The fraction of sp³-hybridized carbons (Fsp3) is 0.235. The lowest BCUT2D eigenvalue weighted by Gasteiger charge is -2.13. The van der Waals surface area contributed by atoms with E-state index in [1.807, 2.05) is 37.3 Å². The van der Waals surface area contributed by atoms with E-state index in [4.69, 9.17) is 5.26 Å². The SMILES string of the molecule is C[C@H](CNC(=O)Cn1cc([N+](=O)[O-])cc(C#N)c1=O)c1ccccc1. The molecule has 0 bridgehead atoms. The molecule has 25 heavy (non-hydrogen) atoms. The molecule has 1 aromatic heterocycles. The van der Waals surface area contributed by atoms with Crippen LogP contribution >= 0.6 is 0 Å². The lowest BCUT2D eigenvalue weighted by Crippen LogP contribution is -2.34. The summed E-state index contributed by atoms with van der Waals surface area (Å²) in [6.45, 7) is 1.91. The number of aromatic nitrogens is 1. The molecule has 2 rings (SSSR count). The first-order valence-electron chi connectivity index (χ1n) is 7.53. The van der Waals surface area contributed by atoms with E-state index in [9.17, 15) is 19.7 Å². The van der Waals surface area contributed by atoms with E-state index in [0.29, 0.717) is 6.54 Å². The molecule has 1 amide bonds. The van der Waals surface area contributed by atoms with Crippen molar-refractivity contribution in [2.45, 2.75) is 19.4 Å². The first-order chi connectivity index (χ1) is 11.9. The minimum atomic E-state index is -0.737. The fourth-order valence-corrected chi connectivity index (χ4v) is 2.29. The number of nitro groups is 1. The number of nitrogens with zero attached hydrogens (tertiary/aromatic N) is 3.